The van der Waals surface area contributed by atoms with Crippen molar-refractivity contribution in [3.8, 4) is 17.1 Å². The number of fused-ring (bicyclic) bond motifs is 3. The standard InChI is InChI=1S/C29H21BrN2O5/c1-16-8-14-19(15-9-16)32-25(29(35)37-3)24(28(34)36-2)23(26(33)17-10-12-18(30)13-11-17)22-20-6-4-5-7-21(20)31-27(22)32/h4-15H,1-3H3. The quantitative estimate of drug-likeness (QED) is 0.195. The van der Waals surface area contributed by atoms with Crippen molar-refractivity contribution < 1.29 is 23.9 Å². The molecule has 0 amide bonds. The van der Waals surface area contributed by atoms with Gasteiger partial charge in [0.25, 0.3) is 0 Å². The average Bonchev–Trinajstić information content (AvgIpc) is 3.30. The molecule has 0 fully saturated rings. The molecule has 7 nitrogen and oxygen atoms in total. The molecular formula is C29H21BrN2O5. The third-order valence-electron chi connectivity index (χ3n) is 6.19. The number of aryl methyl sites for hydroxylation is 1. The SMILES string of the molecule is COC(=O)c1c(C(=O)c2ccc(Br)cc2)c2c3ccccc3nc-2n(-c2ccc(C)cc2)c1C(=O)OC. The molecule has 2 aliphatic heterocycles. The van der Waals surface area contributed by atoms with Crippen molar-refractivity contribution in [2.24, 2.45) is 0 Å². The Bertz CT molecular complexity index is 1650. The van der Waals surface area contributed by atoms with Crippen LogP contribution in [0.3, 0.4) is 0 Å². The number of aromatic nitrogens is 2. The molecule has 0 spiro atoms. The first-order chi connectivity index (χ1) is 17.8. The van der Waals surface area contributed by atoms with Gasteiger partial charge in [-0.3, -0.25) is 9.36 Å². The molecule has 3 aromatic rings. The summed E-state index contributed by atoms with van der Waals surface area (Å²) in [6.07, 6.45) is 0. The van der Waals surface area contributed by atoms with Gasteiger partial charge in [-0.15, -0.1) is 0 Å². The zero-order valence-electron chi connectivity index (χ0n) is 20.2. The Morgan fingerprint density at radius 1 is 0.811 bits per heavy atom. The molecule has 0 radical (unpaired) electrons. The van der Waals surface area contributed by atoms with E-state index in [-0.39, 0.29) is 16.8 Å². The number of ether oxygens (including phenoxy) is 2. The predicted molar refractivity (Wildman–Crippen MR) is 143 cm³/mol. The second-order valence-corrected chi connectivity index (χ2v) is 9.33. The van der Waals surface area contributed by atoms with Crippen LogP contribution in [0.1, 0.15) is 42.3 Å². The summed E-state index contributed by atoms with van der Waals surface area (Å²) in [5.41, 5.74) is 2.67. The van der Waals surface area contributed by atoms with Crippen LogP contribution in [0.25, 0.3) is 28.0 Å². The van der Waals surface area contributed by atoms with Crippen LogP contribution in [0, 0.1) is 6.92 Å². The van der Waals surface area contributed by atoms with Gasteiger partial charge in [-0.1, -0.05) is 51.8 Å². The smallest absolute Gasteiger partial charge is 0.356 e. The Kier molecular flexibility index (Phi) is 6.35. The van der Waals surface area contributed by atoms with Crippen LogP contribution in [-0.4, -0.2) is 41.5 Å². The summed E-state index contributed by atoms with van der Waals surface area (Å²) >= 11 is 3.39. The van der Waals surface area contributed by atoms with Crippen LogP contribution in [-0.2, 0) is 9.47 Å². The zero-order chi connectivity index (χ0) is 26.3. The Morgan fingerprint density at radius 3 is 2.11 bits per heavy atom. The Hall–Kier alpha value is -4.30. The first kappa shape index (κ1) is 24.4. The number of carbonyl (C=O) groups excluding carboxylic acids is 3. The van der Waals surface area contributed by atoms with Crippen LogP contribution in [0.4, 0.5) is 0 Å². The van der Waals surface area contributed by atoms with E-state index in [1.165, 1.54) is 14.2 Å². The van der Waals surface area contributed by atoms with E-state index in [1.54, 1.807) is 28.8 Å². The first-order valence-electron chi connectivity index (χ1n) is 11.4. The lowest BCUT2D eigenvalue weighted by molar-refractivity contribution is 0.0545. The third kappa shape index (κ3) is 4.09. The van der Waals surface area contributed by atoms with Crippen molar-refractivity contribution in [3.05, 3.63) is 105 Å². The molecule has 0 bridgehead atoms. The zero-order valence-corrected chi connectivity index (χ0v) is 21.8. The minimum atomic E-state index is -0.839. The van der Waals surface area contributed by atoms with Gasteiger partial charge in [0.15, 0.2) is 5.78 Å². The van der Waals surface area contributed by atoms with Crippen molar-refractivity contribution >= 4 is 44.6 Å². The van der Waals surface area contributed by atoms with E-state index in [9.17, 15) is 14.4 Å². The van der Waals surface area contributed by atoms with E-state index in [2.05, 4.69) is 15.9 Å². The molecule has 2 aliphatic rings. The fourth-order valence-corrected chi connectivity index (χ4v) is 4.72. The minimum absolute atomic E-state index is 0.0293. The molecular weight excluding hydrogens is 536 g/mol. The Balaban J connectivity index is 2.02. The molecule has 0 aromatic heterocycles. The maximum Gasteiger partial charge on any atom is 0.356 e. The van der Waals surface area contributed by atoms with Gasteiger partial charge in [0.05, 0.1) is 25.3 Å². The highest BCUT2D eigenvalue weighted by molar-refractivity contribution is 9.10. The van der Waals surface area contributed by atoms with E-state index < -0.39 is 17.7 Å². The van der Waals surface area contributed by atoms with Crippen molar-refractivity contribution in [1.82, 2.24) is 9.55 Å². The van der Waals surface area contributed by atoms with Crippen LogP contribution in [0.15, 0.2) is 77.3 Å². The van der Waals surface area contributed by atoms with Crippen molar-refractivity contribution in [2.75, 3.05) is 14.2 Å². The fraction of sp³-hybridized carbons (Fsp3) is 0.103. The largest absolute Gasteiger partial charge is 0.465 e. The van der Waals surface area contributed by atoms with Gasteiger partial charge in [0.2, 0.25) is 0 Å². The third-order valence-corrected chi connectivity index (χ3v) is 6.72. The van der Waals surface area contributed by atoms with Gasteiger partial charge in [0, 0.05) is 26.7 Å². The number of para-hydroxylation sites is 1. The number of carbonyl (C=O) groups is 3. The number of methoxy groups -OCH3 is 2. The predicted octanol–water partition coefficient (Wildman–Crippen LogP) is 6.01. The normalized spacial score (nSPS) is 11.0. The lowest BCUT2D eigenvalue weighted by atomic mass is 9.90. The topological polar surface area (TPSA) is 87.5 Å². The van der Waals surface area contributed by atoms with Crippen molar-refractivity contribution in [3.63, 3.8) is 0 Å². The molecule has 0 aliphatic carbocycles. The summed E-state index contributed by atoms with van der Waals surface area (Å²) in [4.78, 5) is 45.6. The van der Waals surface area contributed by atoms with Gasteiger partial charge in [0.1, 0.15) is 17.1 Å². The number of rotatable bonds is 5. The van der Waals surface area contributed by atoms with E-state index in [0.29, 0.717) is 33.5 Å². The maximum atomic E-state index is 14.1. The van der Waals surface area contributed by atoms with Crippen molar-refractivity contribution in [2.45, 2.75) is 6.92 Å². The van der Waals surface area contributed by atoms with Gasteiger partial charge in [-0.05, 0) is 49.4 Å². The van der Waals surface area contributed by atoms with Crippen LogP contribution in [0.2, 0.25) is 0 Å². The molecule has 0 N–H and O–H groups in total. The highest BCUT2D eigenvalue weighted by Crippen LogP contribution is 2.41. The van der Waals surface area contributed by atoms with Gasteiger partial charge in [-0.25, -0.2) is 14.6 Å². The second kappa shape index (κ2) is 9.63. The summed E-state index contributed by atoms with van der Waals surface area (Å²) in [5, 5.41) is 0.667. The molecule has 3 aromatic carbocycles. The van der Waals surface area contributed by atoms with Crippen LogP contribution in [0.5, 0.6) is 0 Å². The number of pyridine rings is 1. The molecule has 0 unspecified atom stereocenters. The number of hydrogen-bond donors (Lipinski definition) is 0. The minimum Gasteiger partial charge on any atom is -0.465 e. The second-order valence-electron chi connectivity index (χ2n) is 8.42. The number of hydrogen-bond acceptors (Lipinski definition) is 6. The molecule has 2 heterocycles. The first-order valence-corrected chi connectivity index (χ1v) is 12.2. The monoisotopic (exact) mass is 556 g/mol. The fourth-order valence-electron chi connectivity index (χ4n) is 4.45. The van der Waals surface area contributed by atoms with E-state index in [0.717, 1.165) is 10.0 Å². The number of halogens is 1. The molecule has 0 saturated carbocycles. The van der Waals surface area contributed by atoms with Gasteiger partial charge < -0.3 is 9.47 Å². The van der Waals surface area contributed by atoms with Gasteiger partial charge >= 0.3 is 11.9 Å². The summed E-state index contributed by atoms with van der Waals surface area (Å²) in [5.74, 6) is -1.75. The van der Waals surface area contributed by atoms with E-state index in [4.69, 9.17) is 14.5 Å². The van der Waals surface area contributed by atoms with Gasteiger partial charge in [-0.2, -0.15) is 0 Å². The number of benzene rings is 3. The number of nitrogens with zero attached hydrogens (tertiary/aromatic N) is 2. The average molecular weight is 557 g/mol. The summed E-state index contributed by atoms with van der Waals surface area (Å²) in [7, 11) is 2.43. The molecule has 37 heavy (non-hydrogen) atoms. The van der Waals surface area contributed by atoms with Crippen molar-refractivity contribution in [1.29, 1.82) is 0 Å². The molecule has 5 rings (SSSR count). The highest BCUT2D eigenvalue weighted by atomic mass is 79.9. The molecule has 8 heteroatoms. The lowest BCUT2D eigenvalue weighted by Crippen LogP contribution is -2.25. The lowest BCUT2D eigenvalue weighted by Gasteiger charge is -2.23. The highest BCUT2D eigenvalue weighted by Gasteiger charge is 2.37. The summed E-state index contributed by atoms with van der Waals surface area (Å²) in [6, 6.07) is 21.5. The molecule has 0 atom stereocenters. The number of ketones is 1. The Morgan fingerprint density at radius 2 is 1.46 bits per heavy atom. The molecule has 0 saturated heterocycles. The van der Waals surface area contributed by atoms with Crippen LogP contribution >= 0.6 is 15.9 Å². The van der Waals surface area contributed by atoms with E-state index in [1.807, 2.05) is 55.5 Å². The Labute approximate surface area is 221 Å². The maximum absolute atomic E-state index is 14.1. The summed E-state index contributed by atoms with van der Waals surface area (Å²) < 4.78 is 12.6. The number of esters is 2. The van der Waals surface area contributed by atoms with E-state index >= 15 is 0 Å². The van der Waals surface area contributed by atoms with Crippen LogP contribution < -0.4 is 0 Å². The summed E-state index contributed by atoms with van der Waals surface area (Å²) in [6.45, 7) is 1.94. The molecule has 184 valence electrons.